The van der Waals surface area contributed by atoms with E-state index < -0.39 is 6.09 Å². The second-order valence-electron chi connectivity index (χ2n) is 3.98. The van der Waals surface area contributed by atoms with Gasteiger partial charge in [0.05, 0.1) is 0 Å². The van der Waals surface area contributed by atoms with E-state index in [9.17, 15) is 4.79 Å². The third kappa shape index (κ3) is 2.48. The molecular formula is C10H15NO2S. The number of rotatable bonds is 3. The molecule has 1 aromatic heterocycles. The van der Waals surface area contributed by atoms with Crippen molar-refractivity contribution in [2.45, 2.75) is 26.2 Å². The Bertz CT molecular complexity index is 331. The lowest BCUT2D eigenvalue weighted by Gasteiger charge is -2.24. The van der Waals surface area contributed by atoms with E-state index in [-0.39, 0.29) is 5.41 Å². The van der Waals surface area contributed by atoms with Crippen molar-refractivity contribution in [2.75, 3.05) is 6.54 Å². The zero-order chi connectivity index (χ0) is 10.8. The van der Waals surface area contributed by atoms with Gasteiger partial charge in [-0.25, -0.2) is 4.79 Å². The Balaban J connectivity index is 2.75. The summed E-state index contributed by atoms with van der Waals surface area (Å²) in [4.78, 5) is 11.6. The molecule has 0 aliphatic rings. The number of hydrogen-bond acceptors (Lipinski definition) is 2. The van der Waals surface area contributed by atoms with E-state index in [1.54, 1.807) is 11.3 Å². The van der Waals surface area contributed by atoms with Crippen LogP contribution < -0.4 is 5.32 Å². The predicted molar refractivity (Wildman–Crippen MR) is 58.1 cm³/mol. The molecule has 1 heterocycles. The van der Waals surface area contributed by atoms with Gasteiger partial charge in [0, 0.05) is 16.8 Å². The van der Waals surface area contributed by atoms with Crippen molar-refractivity contribution in [2.24, 2.45) is 0 Å². The van der Waals surface area contributed by atoms with Crippen LogP contribution in [0.1, 0.15) is 24.3 Å². The minimum absolute atomic E-state index is 0.128. The van der Waals surface area contributed by atoms with Gasteiger partial charge in [-0.15, -0.1) is 11.3 Å². The Morgan fingerprint density at radius 2 is 2.29 bits per heavy atom. The lowest BCUT2D eigenvalue weighted by molar-refractivity contribution is 0.192. The van der Waals surface area contributed by atoms with Gasteiger partial charge in [0.2, 0.25) is 0 Å². The van der Waals surface area contributed by atoms with Crippen molar-refractivity contribution >= 4 is 17.4 Å². The molecule has 3 nitrogen and oxygen atoms in total. The highest BCUT2D eigenvalue weighted by molar-refractivity contribution is 7.10. The first-order valence-electron chi connectivity index (χ1n) is 4.45. The molecule has 0 unspecified atom stereocenters. The minimum Gasteiger partial charge on any atom is -0.465 e. The molecule has 0 fully saturated rings. The average molecular weight is 213 g/mol. The summed E-state index contributed by atoms with van der Waals surface area (Å²) >= 11 is 1.68. The first-order chi connectivity index (χ1) is 6.43. The van der Waals surface area contributed by atoms with Crippen LogP contribution in [-0.2, 0) is 5.41 Å². The quantitative estimate of drug-likeness (QED) is 0.810. The van der Waals surface area contributed by atoms with Crippen LogP contribution in [-0.4, -0.2) is 17.7 Å². The maximum atomic E-state index is 10.4. The molecule has 0 bridgehead atoms. The topological polar surface area (TPSA) is 49.3 Å². The SMILES string of the molecule is Cc1ccsc1C(C)(C)CNC(=O)O. The zero-order valence-corrected chi connectivity index (χ0v) is 9.44. The summed E-state index contributed by atoms with van der Waals surface area (Å²) in [5.41, 5.74) is 1.10. The summed E-state index contributed by atoms with van der Waals surface area (Å²) in [5, 5.41) is 13.0. The van der Waals surface area contributed by atoms with Crippen molar-refractivity contribution in [1.82, 2.24) is 5.32 Å². The van der Waals surface area contributed by atoms with Gasteiger partial charge < -0.3 is 10.4 Å². The first-order valence-corrected chi connectivity index (χ1v) is 5.33. The molecule has 1 rings (SSSR count). The number of hydrogen-bond donors (Lipinski definition) is 2. The summed E-state index contributed by atoms with van der Waals surface area (Å²) in [6.45, 7) is 6.58. The second-order valence-corrected chi connectivity index (χ2v) is 4.89. The van der Waals surface area contributed by atoms with Crippen molar-refractivity contribution in [3.63, 3.8) is 0 Å². The molecule has 0 aromatic carbocycles. The van der Waals surface area contributed by atoms with Gasteiger partial charge in [-0.1, -0.05) is 13.8 Å². The highest BCUT2D eigenvalue weighted by atomic mass is 32.1. The van der Waals surface area contributed by atoms with Gasteiger partial charge in [-0.3, -0.25) is 0 Å². The molecule has 0 spiro atoms. The van der Waals surface area contributed by atoms with Crippen LogP contribution in [0.4, 0.5) is 4.79 Å². The van der Waals surface area contributed by atoms with Crippen LogP contribution in [0.25, 0.3) is 0 Å². The molecule has 2 N–H and O–H groups in total. The van der Waals surface area contributed by atoms with Gasteiger partial charge in [-0.05, 0) is 23.9 Å². The summed E-state index contributed by atoms with van der Waals surface area (Å²) < 4.78 is 0. The Kier molecular flexibility index (Phi) is 3.16. The molecule has 1 amide bonds. The molecule has 1 aromatic rings. The first kappa shape index (κ1) is 11.0. The van der Waals surface area contributed by atoms with E-state index >= 15 is 0 Å². The molecule has 14 heavy (non-hydrogen) atoms. The third-order valence-electron chi connectivity index (χ3n) is 2.16. The van der Waals surface area contributed by atoms with Gasteiger partial charge in [0.1, 0.15) is 0 Å². The summed E-state index contributed by atoms with van der Waals surface area (Å²) in [5.74, 6) is 0. The third-order valence-corrected chi connectivity index (χ3v) is 3.54. The van der Waals surface area contributed by atoms with Crippen LogP contribution in [0.5, 0.6) is 0 Å². The molecule has 78 valence electrons. The number of carboxylic acid groups (broad SMARTS) is 1. The van der Waals surface area contributed by atoms with Crippen LogP contribution in [0.2, 0.25) is 0 Å². The summed E-state index contributed by atoms with van der Waals surface area (Å²) in [6.07, 6.45) is -0.965. The molecule has 4 heteroatoms. The second kappa shape index (κ2) is 4.00. The Morgan fingerprint density at radius 1 is 1.64 bits per heavy atom. The highest BCUT2D eigenvalue weighted by Crippen LogP contribution is 2.30. The van der Waals surface area contributed by atoms with Crippen molar-refractivity contribution in [3.05, 3.63) is 21.9 Å². The monoisotopic (exact) mass is 213 g/mol. The fourth-order valence-electron chi connectivity index (χ4n) is 1.44. The fraction of sp³-hybridized carbons (Fsp3) is 0.500. The summed E-state index contributed by atoms with van der Waals surface area (Å²) in [7, 11) is 0. The van der Waals surface area contributed by atoms with E-state index in [0.29, 0.717) is 6.54 Å². The Labute approximate surface area is 87.8 Å². The van der Waals surface area contributed by atoms with Crippen molar-refractivity contribution < 1.29 is 9.90 Å². The maximum absolute atomic E-state index is 10.4. The molecular weight excluding hydrogens is 198 g/mol. The lowest BCUT2D eigenvalue weighted by Crippen LogP contribution is -2.35. The van der Waals surface area contributed by atoms with Gasteiger partial charge >= 0.3 is 6.09 Å². The van der Waals surface area contributed by atoms with Crippen LogP contribution in [0, 0.1) is 6.92 Å². The van der Waals surface area contributed by atoms with Crippen molar-refractivity contribution in [1.29, 1.82) is 0 Å². The highest BCUT2D eigenvalue weighted by Gasteiger charge is 2.24. The van der Waals surface area contributed by atoms with E-state index in [1.165, 1.54) is 10.4 Å². The molecule has 0 saturated heterocycles. The van der Waals surface area contributed by atoms with Crippen LogP contribution in [0.3, 0.4) is 0 Å². The van der Waals surface area contributed by atoms with Gasteiger partial charge in [-0.2, -0.15) is 0 Å². The van der Waals surface area contributed by atoms with E-state index in [2.05, 4.69) is 11.4 Å². The number of aryl methyl sites for hydroxylation is 1. The van der Waals surface area contributed by atoms with E-state index in [0.717, 1.165) is 0 Å². The number of carbonyl (C=O) groups is 1. The largest absolute Gasteiger partial charge is 0.465 e. The van der Waals surface area contributed by atoms with Crippen molar-refractivity contribution in [3.8, 4) is 0 Å². The van der Waals surface area contributed by atoms with Crippen LogP contribution >= 0.6 is 11.3 Å². The van der Waals surface area contributed by atoms with Gasteiger partial charge in [0.15, 0.2) is 0 Å². The molecule has 0 aliphatic carbocycles. The molecule has 0 saturated carbocycles. The average Bonchev–Trinajstić information content (AvgIpc) is 2.48. The molecule has 0 aliphatic heterocycles. The number of amides is 1. The maximum Gasteiger partial charge on any atom is 0.404 e. The van der Waals surface area contributed by atoms with Crippen LogP contribution in [0.15, 0.2) is 11.4 Å². The van der Waals surface area contributed by atoms with E-state index in [4.69, 9.17) is 5.11 Å². The van der Waals surface area contributed by atoms with Gasteiger partial charge in [0.25, 0.3) is 0 Å². The number of nitrogens with one attached hydrogen (secondary N) is 1. The predicted octanol–water partition coefficient (Wildman–Crippen LogP) is 2.60. The summed E-state index contributed by atoms with van der Waals surface area (Å²) in [6, 6.07) is 2.06. The molecule has 0 atom stereocenters. The molecule has 0 radical (unpaired) electrons. The number of thiophene rings is 1. The normalized spacial score (nSPS) is 11.4. The standard InChI is InChI=1S/C10H15NO2S/c1-7-4-5-14-8(7)10(2,3)6-11-9(12)13/h4-5,11H,6H2,1-3H3,(H,12,13). The van der Waals surface area contributed by atoms with E-state index in [1.807, 2.05) is 26.2 Å². The fourth-order valence-corrected chi connectivity index (χ4v) is 2.50. The zero-order valence-electron chi connectivity index (χ0n) is 8.63. The smallest absolute Gasteiger partial charge is 0.404 e. The Morgan fingerprint density at radius 3 is 2.71 bits per heavy atom. The Hall–Kier alpha value is -1.03. The lowest BCUT2D eigenvalue weighted by atomic mass is 9.89. The minimum atomic E-state index is -0.965.